The first-order chi connectivity index (χ1) is 12.6. The van der Waals surface area contributed by atoms with Gasteiger partial charge in [-0.3, -0.25) is 9.52 Å². The van der Waals surface area contributed by atoms with Gasteiger partial charge in [-0.15, -0.1) is 0 Å². The van der Waals surface area contributed by atoms with E-state index in [9.17, 15) is 22.4 Å². The summed E-state index contributed by atoms with van der Waals surface area (Å²) < 4.78 is 45.0. The number of ether oxygens (including phenoxy) is 1. The number of amides is 1. The monoisotopic (exact) mass is 414 g/mol. The van der Waals surface area contributed by atoms with Crippen LogP contribution in [0.5, 0.6) is 0 Å². The number of carbonyl (C=O) groups is 2. The fraction of sp³-hybridized carbons (Fsp3) is 0.176. The summed E-state index contributed by atoms with van der Waals surface area (Å²) in [4.78, 5) is 23.4. The van der Waals surface area contributed by atoms with Crippen molar-refractivity contribution >= 4 is 39.2 Å². The average Bonchev–Trinajstić information content (AvgIpc) is 2.62. The van der Waals surface area contributed by atoms with Gasteiger partial charge in [0.1, 0.15) is 5.82 Å². The zero-order chi connectivity index (χ0) is 20.2. The minimum atomic E-state index is -4.05. The molecule has 0 aliphatic heterocycles. The van der Waals surface area contributed by atoms with Gasteiger partial charge in [0.15, 0.2) is 6.10 Å². The Bertz CT molecular complexity index is 964. The van der Waals surface area contributed by atoms with Crippen LogP contribution in [0.2, 0.25) is 5.02 Å². The van der Waals surface area contributed by atoms with Gasteiger partial charge in [0.2, 0.25) is 0 Å². The van der Waals surface area contributed by atoms with Gasteiger partial charge in [0, 0.05) is 7.05 Å². The highest BCUT2D eigenvalue weighted by atomic mass is 35.5. The van der Waals surface area contributed by atoms with E-state index in [4.69, 9.17) is 16.3 Å². The first-order valence-electron chi connectivity index (χ1n) is 7.64. The summed E-state index contributed by atoms with van der Waals surface area (Å²) in [7, 11) is -2.65. The van der Waals surface area contributed by atoms with Gasteiger partial charge in [-0.05, 0) is 49.4 Å². The summed E-state index contributed by atoms with van der Waals surface area (Å²) in [6.07, 6.45) is -1.03. The number of sulfonamides is 1. The van der Waals surface area contributed by atoms with E-state index in [0.717, 1.165) is 24.3 Å². The lowest BCUT2D eigenvalue weighted by molar-refractivity contribution is -0.128. The summed E-state index contributed by atoms with van der Waals surface area (Å²) in [6, 6.07) is 8.02. The van der Waals surface area contributed by atoms with Crippen LogP contribution in [0.3, 0.4) is 0 Å². The Labute approximate surface area is 160 Å². The van der Waals surface area contributed by atoms with Crippen LogP contribution in [-0.4, -0.2) is 33.4 Å². The highest BCUT2D eigenvalue weighted by Crippen LogP contribution is 2.26. The van der Waals surface area contributed by atoms with Crippen LogP contribution in [0, 0.1) is 5.82 Å². The molecule has 1 amide bonds. The molecule has 0 fully saturated rings. The van der Waals surface area contributed by atoms with Crippen LogP contribution in [0.4, 0.5) is 10.1 Å². The highest BCUT2D eigenvalue weighted by Gasteiger charge is 2.20. The van der Waals surface area contributed by atoms with Crippen LogP contribution in [0.15, 0.2) is 47.4 Å². The zero-order valence-electron chi connectivity index (χ0n) is 14.3. The van der Waals surface area contributed by atoms with Crippen LogP contribution in [-0.2, 0) is 19.6 Å². The predicted molar refractivity (Wildman–Crippen MR) is 97.6 cm³/mol. The SMILES string of the molecule is CNC(=O)[C@@H](C)OC(=O)c1ccc(Cl)c(NS(=O)(=O)c2ccc(F)cc2)c1. The van der Waals surface area contributed by atoms with Gasteiger partial charge in [0.05, 0.1) is 21.2 Å². The Morgan fingerprint density at radius 2 is 1.78 bits per heavy atom. The van der Waals surface area contributed by atoms with E-state index in [2.05, 4.69) is 10.0 Å². The molecule has 7 nitrogen and oxygen atoms in total. The number of carbonyl (C=O) groups excluding carboxylic acids is 2. The quantitative estimate of drug-likeness (QED) is 0.707. The molecule has 0 heterocycles. The number of esters is 1. The maximum atomic E-state index is 13.0. The molecular weight excluding hydrogens is 399 g/mol. The molecule has 2 rings (SSSR count). The lowest BCUT2D eigenvalue weighted by Gasteiger charge is -2.13. The number of nitrogens with one attached hydrogen (secondary N) is 2. The molecule has 0 aliphatic rings. The van der Waals surface area contributed by atoms with E-state index < -0.39 is 33.8 Å². The van der Waals surface area contributed by atoms with Crippen LogP contribution < -0.4 is 10.0 Å². The maximum Gasteiger partial charge on any atom is 0.338 e. The summed E-state index contributed by atoms with van der Waals surface area (Å²) in [5.74, 6) is -1.90. The summed E-state index contributed by atoms with van der Waals surface area (Å²) in [5.41, 5.74) is -0.0741. The first-order valence-corrected chi connectivity index (χ1v) is 9.50. The molecule has 10 heteroatoms. The van der Waals surface area contributed by atoms with Crippen molar-refractivity contribution in [3.63, 3.8) is 0 Å². The van der Waals surface area contributed by atoms with Crippen molar-refractivity contribution in [3.8, 4) is 0 Å². The van der Waals surface area contributed by atoms with Crippen LogP contribution in [0.25, 0.3) is 0 Å². The molecule has 2 N–H and O–H groups in total. The fourth-order valence-electron chi connectivity index (χ4n) is 2.03. The first kappa shape index (κ1) is 20.7. The smallest absolute Gasteiger partial charge is 0.338 e. The fourth-order valence-corrected chi connectivity index (χ4v) is 3.32. The van der Waals surface area contributed by atoms with Crippen molar-refractivity contribution in [3.05, 3.63) is 58.9 Å². The van der Waals surface area contributed by atoms with Gasteiger partial charge in [-0.1, -0.05) is 11.6 Å². The Hall–Kier alpha value is -2.65. The maximum absolute atomic E-state index is 13.0. The molecule has 0 unspecified atom stereocenters. The second-order valence-electron chi connectivity index (χ2n) is 5.42. The minimum absolute atomic E-state index is 0.00745. The molecule has 2 aromatic carbocycles. The van der Waals surface area contributed by atoms with Crippen molar-refractivity contribution in [2.24, 2.45) is 0 Å². The van der Waals surface area contributed by atoms with Crippen molar-refractivity contribution in [2.75, 3.05) is 11.8 Å². The third kappa shape index (κ3) is 5.18. The largest absolute Gasteiger partial charge is 0.449 e. The second-order valence-corrected chi connectivity index (χ2v) is 7.51. The van der Waals surface area contributed by atoms with E-state index in [1.807, 2.05) is 0 Å². The standard InChI is InChI=1S/C17H16ClFN2O5S/c1-10(16(22)20-2)26-17(23)11-3-8-14(18)15(9-11)21-27(24,25)13-6-4-12(19)5-7-13/h3-10,21H,1-2H3,(H,20,22)/t10-/m1/s1. The molecule has 0 saturated carbocycles. The molecule has 144 valence electrons. The van der Waals surface area contributed by atoms with Gasteiger partial charge in [-0.2, -0.15) is 0 Å². The van der Waals surface area contributed by atoms with E-state index in [0.29, 0.717) is 0 Å². The summed E-state index contributed by atoms with van der Waals surface area (Å²) >= 11 is 6.00. The number of halogens is 2. The molecule has 1 atom stereocenters. The number of hydrogen-bond donors (Lipinski definition) is 2. The van der Waals surface area contributed by atoms with Crippen LogP contribution >= 0.6 is 11.6 Å². The third-order valence-electron chi connectivity index (χ3n) is 3.47. The molecule has 0 aliphatic carbocycles. The minimum Gasteiger partial charge on any atom is -0.449 e. The summed E-state index contributed by atoms with van der Waals surface area (Å²) in [6.45, 7) is 1.39. The molecule has 0 spiro atoms. The third-order valence-corrected chi connectivity index (χ3v) is 5.18. The topological polar surface area (TPSA) is 102 Å². The van der Waals surface area contributed by atoms with Crippen molar-refractivity contribution < 1.29 is 27.1 Å². The van der Waals surface area contributed by atoms with Crippen molar-refractivity contribution in [1.82, 2.24) is 5.32 Å². The molecular formula is C17H16ClFN2O5S. The van der Waals surface area contributed by atoms with E-state index in [1.165, 1.54) is 32.2 Å². The number of hydrogen-bond acceptors (Lipinski definition) is 5. The van der Waals surface area contributed by atoms with E-state index in [-0.39, 0.29) is 21.2 Å². The highest BCUT2D eigenvalue weighted by molar-refractivity contribution is 7.92. The van der Waals surface area contributed by atoms with Gasteiger partial charge in [-0.25, -0.2) is 17.6 Å². The molecule has 0 radical (unpaired) electrons. The van der Waals surface area contributed by atoms with E-state index >= 15 is 0 Å². The van der Waals surface area contributed by atoms with Gasteiger partial charge < -0.3 is 10.1 Å². The van der Waals surface area contributed by atoms with Crippen molar-refractivity contribution in [2.45, 2.75) is 17.9 Å². The predicted octanol–water partition coefficient (Wildman–Crippen LogP) is 2.57. The number of benzene rings is 2. The molecule has 0 aromatic heterocycles. The molecule has 0 bridgehead atoms. The van der Waals surface area contributed by atoms with Crippen LogP contribution in [0.1, 0.15) is 17.3 Å². The zero-order valence-corrected chi connectivity index (χ0v) is 15.9. The number of anilines is 1. The molecule has 27 heavy (non-hydrogen) atoms. The summed E-state index contributed by atoms with van der Waals surface area (Å²) in [5, 5.41) is 2.38. The lowest BCUT2D eigenvalue weighted by atomic mass is 10.2. The molecule has 0 saturated heterocycles. The van der Waals surface area contributed by atoms with Gasteiger partial charge >= 0.3 is 5.97 Å². The Morgan fingerprint density at radius 1 is 1.15 bits per heavy atom. The Kier molecular flexibility index (Phi) is 6.40. The normalized spacial score (nSPS) is 12.1. The second kappa shape index (κ2) is 8.36. The Balaban J connectivity index is 2.25. The lowest BCUT2D eigenvalue weighted by Crippen LogP contribution is -2.33. The molecule has 2 aromatic rings. The van der Waals surface area contributed by atoms with Crippen molar-refractivity contribution in [1.29, 1.82) is 0 Å². The number of likely N-dealkylation sites (N-methyl/N-ethyl adjacent to an activating group) is 1. The number of rotatable bonds is 6. The van der Waals surface area contributed by atoms with Gasteiger partial charge in [0.25, 0.3) is 15.9 Å². The Morgan fingerprint density at radius 3 is 2.37 bits per heavy atom. The average molecular weight is 415 g/mol. The van der Waals surface area contributed by atoms with E-state index in [1.54, 1.807) is 0 Å².